The van der Waals surface area contributed by atoms with Crippen LogP contribution in [-0.4, -0.2) is 24.9 Å². The van der Waals surface area contributed by atoms with Crippen molar-refractivity contribution in [2.45, 2.75) is 57.8 Å². The Morgan fingerprint density at radius 3 is 2.88 bits per heavy atom. The lowest BCUT2D eigenvalue weighted by molar-refractivity contribution is 0.110. The fourth-order valence-electron chi connectivity index (χ4n) is 3.37. The number of alkyl carbamates (subject to hydrolysis) is 1. The molecule has 24 heavy (non-hydrogen) atoms. The molecule has 0 aromatic heterocycles. The van der Waals surface area contributed by atoms with Crippen molar-refractivity contribution >= 4 is 11.7 Å². The number of hydrogen-bond acceptors (Lipinski definition) is 3. The van der Waals surface area contributed by atoms with Crippen LogP contribution in [0.3, 0.4) is 0 Å². The summed E-state index contributed by atoms with van der Waals surface area (Å²) >= 11 is 0. The molecule has 4 heteroatoms. The van der Waals surface area contributed by atoms with E-state index in [1.165, 1.54) is 0 Å². The van der Waals surface area contributed by atoms with Gasteiger partial charge in [0.1, 0.15) is 0 Å². The van der Waals surface area contributed by atoms with E-state index >= 15 is 0 Å². The average Bonchev–Trinajstić information content (AvgIpc) is 3.31. The topological polar surface area (TPSA) is 50.9 Å². The maximum atomic E-state index is 12.2. The Morgan fingerprint density at radius 2 is 2.17 bits per heavy atom. The van der Waals surface area contributed by atoms with Gasteiger partial charge < -0.3 is 14.8 Å². The van der Waals surface area contributed by atoms with Crippen molar-refractivity contribution in [3.05, 3.63) is 42.0 Å². The molecule has 1 N–H and O–H groups in total. The van der Waals surface area contributed by atoms with Gasteiger partial charge in [-0.05, 0) is 63.1 Å². The maximum Gasteiger partial charge on any atom is 0.407 e. The SMILES string of the molecule is C=C(C)c1cccc(C(C)(C)NC(=O)OCC2CCC3OC3C2)c1. The maximum absolute atomic E-state index is 12.2. The number of amides is 1. The van der Waals surface area contributed by atoms with E-state index in [4.69, 9.17) is 9.47 Å². The van der Waals surface area contributed by atoms with Crippen LogP contribution in [0.2, 0.25) is 0 Å². The molecule has 130 valence electrons. The van der Waals surface area contributed by atoms with Crippen molar-refractivity contribution in [2.24, 2.45) is 5.92 Å². The third-order valence-corrected chi connectivity index (χ3v) is 5.05. The van der Waals surface area contributed by atoms with E-state index in [-0.39, 0.29) is 6.09 Å². The molecule has 0 radical (unpaired) electrons. The van der Waals surface area contributed by atoms with Crippen LogP contribution in [-0.2, 0) is 15.0 Å². The summed E-state index contributed by atoms with van der Waals surface area (Å²) in [7, 11) is 0. The molecule has 1 aliphatic heterocycles. The molecule has 4 nitrogen and oxygen atoms in total. The number of hydrogen-bond donors (Lipinski definition) is 1. The zero-order valence-corrected chi connectivity index (χ0v) is 14.8. The number of nitrogens with one attached hydrogen (secondary N) is 1. The van der Waals surface area contributed by atoms with Crippen LogP contribution in [0.5, 0.6) is 0 Å². The predicted molar refractivity (Wildman–Crippen MR) is 94.7 cm³/mol. The summed E-state index contributed by atoms with van der Waals surface area (Å²) in [4.78, 5) is 12.2. The molecule has 2 aliphatic rings. The Labute approximate surface area is 144 Å². The molecule has 3 atom stereocenters. The highest BCUT2D eigenvalue weighted by Crippen LogP contribution is 2.39. The Morgan fingerprint density at radius 1 is 1.38 bits per heavy atom. The highest BCUT2D eigenvalue weighted by molar-refractivity contribution is 5.69. The fourth-order valence-corrected chi connectivity index (χ4v) is 3.37. The first-order chi connectivity index (χ1) is 11.3. The molecule has 1 heterocycles. The van der Waals surface area contributed by atoms with E-state index in [1.807, 2.05) is 39.0 Å². The molecule has 3 unspecified atom stereocenters. The third-order valence-electron chi connectivity index (χ3n) is 5.05. The van der Waals surface area contributed by atoms with Crippen molar-refractivity contribution in [1.29, 1.82) is 0 Å². The number of allylic oxidation sites excluding steroid dienone is 1. The highest BCUT2D eigenvalue weighted by atomic mass is 16.6. The molecular formula is C20H27NO3. The fraction of sp³-hybridized carbons (Fsp3) is 0.550. The van der Waals surface area contributed by atoms with Gasteiger partial charge in [-0.25, -0.2) is 4.79 Å². The van der Waals surface area contributed by atoms with Gasteiger partial charge in [0.05, 0.1) is 24.4 Å². The van der Waals surface area contributed by atoms with Crippen molar-refractivity contribution in [3.63, 3.8) is 0 Å². The van der Waals surface area contributed by atoms with Crippen LogP contribution in [0.15, 0.2) is 30.8 Å². The van der Waals surface area contributed by atoms with Crippen LogP contribution in [0.25, 0.3) is 5.57 Å². The largest absolute Gasteiger partial charge is 0.449 e. The first kappa shape index (κ1) is 17.0. The number of carbonyl (C=O) groups excluding carboxylic acids is 1. The zero-order valence-electron chi connectivity index (χ0n) is 14.8. The minimum atomic E-state index is -0.500. The molecule has 0 spiro atoms. The summed E-state index contributed by atoms with van der Waals surface area (Å²) in [6, 6.07) is 8.09. The summed E-state index contributed by atoms with van der Waals surface area (Å²) in [5.74, 6) is 0.425. The molecule has 1 aromatic rings. The number of fused-ring (bicyclic) bond motifs is 1. The summed E-state index contributed by atoms with van der Waals surface area (Å²) < 4.78 is 11.0. The zero-order chi connectivity index (χ0) is 17.3. The summed E-state index contributed by atoms with van der Waals surface area (Å²) in [5, 5.41) is 2.98. The highest BCUT2D eigenvalue weighted by Gasteiger charge is 2.44. The molecule has 1 aromatic carbocycles. The first-order valence-corrected chi connectivity index (χ1v) is 8.72. The van der Waals surface area contributed by atoms with E-state index in [1.54, 1.807) is 0 Å². The van der Waals surface area contributed by atoms with Crippen molar-refractivity contribution in [3.8, 4) is 0 Å². The standard InChI is InChI=1S/C20H27NO3/c1-13(2)15-6-5-7-16(11-15)20(3,4)21-19(22)23-12-14-8-9-17-18(10-14)24-17/h5-7,11,14,17-18H,1,8-10,12H2,2-4H3,(H,21,22). The normalized spacial score (nSPS) is 25.5. The van der Waals surface area contributed by atoms with Crippen LogP contribution >= 0.6 is 0 Å². The summed E-state index contributed by atoms with van der Waals surface area (Å²) in [6.07, 6.45) is 3.73. The molecule has 1 aliphatic carbocycles. The lowest BCUT2D eigenvalue weighted by Gasteiger charge is -2.28. The van der Waals surface area contributed by atoms with Gasteiger partial charge in [0.25, 0.3) is 0 Å². The molecule has 1 saturated carbocycles. The first-order valence-electron chi connectivity index (χ1n) is 8.72. The van der Waals surface area contributed by atoms with Gasteiger partial charge >= 0.3 is 6.09 Å². The number of benzene rings is 1. The molecule has 3 rings (SSSR count). The van der Waals surface area contributed by atoms with Crippen LogP contribution in [0.4, 0.5) is 4.79 Å². The number of epoxide rings is 1. The number of ether oxygens (including phenoxy) is 2. The average molecular weight is 329 g/mol. The summed E-state index contributed by atoms with van der Waals surface area (Å²) in [5.41, 5.74) is 2.62. The minimum Gasteiger partial charge on any atom is -0.449 e. The predicted octanol–water partition coefficient (Wildman–Crippen LogP) is 4.25. The lowest BCUT2D eigenvalue weighted by Crippen LogP contribution is -2.42. The molecule has 0 bridgehead atoms. The molecule has 1 saturated heterocycles. The Hall–Kier alpha value is -1.81. The van der Waals surface area contributed by atoms with E-state index in [0.717, 1.165) is 36.0 Å². The Bertz CT molecular complexity index is 638. The van der Waals surface area contributed by atoms with E-state index in [2.05, 4.69) is 18.0 Å². The van der Waals surface area contributed by atoms with Gasteiger partial charge in [-0.1, -0.05) is 30.4 Å². The van der Waals surface area contributed by atoms with Gasteiger partial charge in [0.2, 0.25) is 0 Å². The molecular weight excluding hydrogens is 302 g/mol. The number of carbonyl (C=O) groups is 1. The van der Waals surface area contributed by atoms with Gasteiger partial charge in [0, 0.05) is 0 Å². The Balaban J connectivity index is 1.54. The second-order valence-corrected chi connectivity index (χ2v) is 7.60. The van der Waals surface area contributed by atoms with Crippen molar-refractivity contribution in [2.75, 3.05) is 6.61 Å². The quantitative estimate of drug-likeness (QED) is 0.822. The second-order valence-electron chi connectivity index (χ2n) is 7.60. The van der Waals surface area contributed by atoms with E-state index in [9.17, 15) is 4.79 Å². The second kappa shape index (κ2) is 6.60. The Kier molecular flexibility index (Phi) is 4.68. The van der Waals surface area contributed by atoms with E-state index < -0.39 is 5.54 Å². The molecule has 2 fully saturated rings. The van der Waals surface area contributed by atoms with Crippen LogP contribution < -0.4 is 5.32 Å². The number of rotatable bonds is 5. The van der Waals surface area contributed by atoms with Crippen LogP contribution in [0, 0.1) is 5.92 Å². The smallest absolute Gasteiger partial charge is 0.407 e. The van der Waals surface area contributed by atoms with Crippen molar-refractivity contribution in [1.82, 2.24) is 5.32 Å². The lowest BCUT2D eigenvalue weighted by atomic mass is 9.90. The van der Waals surface area contributed by atoms with Gasteiger partial charge in [-0.3, -0.25) is 0 Å². The van der Waals surface area contributed by atoms with E-state index in [0.29, 0.717) is 24.7 Å². The minimum absolute atomic E-state index is 0.362. The monoisotopic (exact) mass is 329 g/mol. The summed E-state index contributed by atoms with van der Waals surface area (Å²) in [6.45, 7) is 10.4. The van der Waals surface area contributed by atoms with Gasteiger partial charge in [-0.15, -0.1) is 0 Å². The molecule has 1 amide bonds. The van der Waals surface area contributed by atoms with Crippen LogP contribution in [0.1, 0.15) is 51.2 Å². The van der Waals surface area contributed by atoms with Gasteiger partial charge in [0.15, 0.2) is 0 Å². The van der Waals surface area contributed by atoms with Crippen molar-refractivity contribution < 1.29 is 14.3 Å². The third kappa shape index (κ3) is 3.99. The van der Waals surface area contributed by atoms with Gasteiger partial charge in [-0.2, -0.15) is 0 Å².